The number of rotatable bonds is 3. The normalized spacial score (nSPS) is 19.8. The number of carbonyl (C=O) groups excluding carboxylic acids is 1. The van der Waals surface area contributed by atoms with Gasteiger partial charge in [-0.05, 0) is 0 Å². The second-order valence-corrected chi connectivity index (χ2v) is 3.78. The lowest BCUT2D eigenvalue weighted by Gasteiger charge is -2.22. The minimum absolute atomic E-state index is 0.108. The molecule has 0 saturated carbocycles. The van der Waals surface area contributed by atoms with Gasteiger partial charge in [0.2, 0.25) is 0 Å². The highest BCUT2D eigenvalue weighted by molar-refractivity contribution is 6.30. The van der Waals surface area contributed by atoms with Gasteiger partial charge in [-0.1, -0.05) is 11.6 Å². The Hall–Kier alpha value is -1.56. The molecule has 2 rings (SSSR count). The van der Waals surface area contributed by atoms with Crippen molar-refractivity contribution in [1.82, 2.24) is 15.3 Å². The molecule has 1 N–H and O–H groups in total. The van der Waals surface area contributed by atoms with E-state index in [0.29, 0.717) is 24.8 Å². The number of cyclic esters (lactones) is 1. The number of nitrogens with zero attached hydrogens (tertiary/aromatic N) is 2. The predicted molar refractivity (Wildman–Crippen MR) is 55.4 cm³/mol. The van der Waals surface area contributed by atoms with Crippen LogP contribution in [0, 0.1) is 5.92 Å². The number of halogens is 1. The van der Waals surface area contributed by atoms with Gasteiger partial charge < -0.3 is 14.8 Å². The number of carbonyl (C=O) groups is 1. The van der Waals surface area contributed by atoms with Crippen molar-refractivity contribution in [2.24, 2.45) is 5.92 Å². The molecule has 1 saturated heterocycles. The van der Waals surface area contributed by atoms with Crippen LogP contribution in [0.25, 0.3) is 0 Å². The molecule has 1 unspecified atom stereocenters. The number of amides is 1. The van der Waals surface area contributed by atoms with E-state index in [2.05, 4.69) is 15.3 Å². The van der Waals surface area contributed by atoms with Crippen molar-refractivity contribution in [1.29, 1.82) is 0 Å². The second kappa shape index (κ2) is 4.98. The number of ether oxygens (including phenoxy) is 2. The fourth-order valence-corrected chi connectivity index (χ4v) is 1.30. The molecule has 0 spiro atoms. The first-order valence-corrected chi connectivity index (χ1v) is 5.13. The summed E-state index contributed by atoms with van der Waals surface area (Å²) in [4.78, 5) is 18.5. The first-order chi connectivity index (χ1) is 7.74. The van der Waals surface area contributed by atoms with Gasteiger partial charge in [0.05, 0.1) is 24.0 Å². The lowest BCUT2D eigenvalue weighted by molar-refractivity contribution is 0.0817. The molecule has 6 nitrogen and oxygen atoms in total. The predicted octanol–water partition coefficient (Wildman–Crippen LogP) is 0.865. The van der Waals surface area contributed by atoms with E-state index in [-0.39, 0.29) is 18.0 Å². The van der Waals surface area contributed by atoms with Gasteiger partial charge in [0.15, 0.2) is 0 Å². The third-order valence-electron chi connectivity index (χ3n) is 2.03. The number of aromatic nitrogens is 2. The van der Waals surface area contributed by atoms with Crippen LogP contribution in [0.15, 0.2) is 12.4 Å². The number of hydrogen-bond donors (Lipinski definition) is 1. The summed E-state index contributed by atoms with van der Waals surface area (Å²) in [7, 11) is 0. The third-order valence-corrected chi connectivity index (χ3v) is 2.23. The van der Waals surface area contributed by atoms with E-state index < -0.39 is 0 Å². The van der Waals surface area contributed by atoms with Crippen molar-refractivity contribution in [2.75, 3.05) is 19.8 Å². The number of hydrogen-bond acceptors (Lipinski definition) is 5. The fourth-order valence-electron chi connectivity index (χ4n) is 1.21. The van der Waals surface area contributed by atoms with E-state index in [1.165, 1.54) is 12.4 Å². The SMILES string of the molecule is O=C1NCC(COc2ncc(Cl)cn2)CO1. The summed E-state index contributed by atoms with van der Waals surface area (Å²) in [6.07, 6.45) is 2.53. The molecule has 1 amide bonds. The summed E-state index contributed by atoms with van der Waals surface area (Å²) in [5.74, 6) is 0.108. The van der Waals surface area contributed by atoms with Crippen LogP contribution in [-0.2, 0) is 4.74 Å². The molecule has 0 aliphatic carbocycles. The molecule has 0 radical (unpaired) electrons. The topological polar surface area (TPSA) is 73.3 Å². The van der Waals surface area contributed by atoms with E-state index in [0.717, 1.165) is 0 Å². The summed E-state index contributed by atoms with van der Waals surface area (Å²) in [6, 6.07) is 0.265. The van der Waals surface area contributed by atoms with Gasteiger partial charge in [-0.15, -0.1) is 0 Å². The van der Waals surface area contributed by atoms with Gasteiger partial charge in [-0.25, -0.2) is 14.8 Å². The van der Waals surface area contributed by atoms with Crippen LogP contribution in [0.2, 0.25) is 5.02 Å². The van der Waals surface area contributed by atoms with Crippen molar-refractivity contribution in [3.63, 3.8) is 0 Å². The Kier molecular flexibility index (Phi) is 3.40. The Balaban J connectivity index is 1.79. The minimum atomic E-state index is -0.390. The average molecular weight is 244 g/mol. The van der Waals surface area contributed by atoms with Crippen molar-refractivity contribution in [3.8, 4) is 6.01 Å². The zero-order valence-electron chi connectivity index (χ0n) is 8.35. The van der Waals surface area contributed by atoms with E-state index in [9.17, 15) is 4.79 Å². The zero-order chi connectivity index (χ0) is 11.4. The Morgan fingerprint density at radius 1 is 1.56 bits per heavy atom. The van der Waals surface area contributed by atoms with Crippen LogP contribution in [-0.4, -0.2) is 35.8 Å². The Morgan fingerprint density at radius 2 is 2.31 bits per heavy atom. The third kappa shape index (κ3) is 2.96. The molecule has 1 fully saturated rings. The van der Waals surface area contributed by atoms with Crippen molar-refractivity contribution >= 4 is 17.7 Å². The van der Waals surface area contributed by atoms with Crippen LogP contribution in [0.5, 0.6) is 6.01 Å². The molecular weight excluding hydrogens is 234 g/mol. The van der Waals surface area contributed by atoms with Crippen molar-refractivity contribution in [3.05, 3.63) is 17.4 Å². The average Bonchev–Trinajstić information content (AvgIpc) is 2.30. The summed E-state index contributed by atoms with van der Waals surface area (Å²) in [6.45, 7) is 1.27. The standard InChI is InChI=1S/C9H10ClN3O3/c10-7-2-11-8(12-3-7)15-4-6-1-13-9(14)16-5-6/h2-3,6H,1,4-5H2,(H,13,14). The van der Waals surface area contributed by atoms with Crippen LogP contribution < -0.4 is 10.1 Å². The summed E-state index contributed by atoms with van der Waals surface area (Å²) in [5.41, 5.74) is 0. The van der Waals surface area contributed by atoms with E-state index in [1.807, 2.05) is 0 Å². The minimum Gasteiger partial charge on any atom is -0.463 e. The van der Waals surface area contributed by atoms with Crippen molar-refractivity contribution < 1.29 is 14.3 Å². The lowest BCUT2D eigenvalue weighted by Crippen LogP contribution is -2.41. The quantitative estimate of drug-likeness (QED) is 0.853. The molecule has 1 aromatic heterocycles. The van der Waals surface area contributed by atoms with E-state index >= 15 is 0 Å². The summed E-state index contributed by atoms with van der Waals surface area (Å²) >= 11 is 5.63. The largest absolute Gasteiger partial charge is 0.463 e. The van der Waals surface area contributed by atoms with Gasteiger partial charge in [-0.2, -0.15) is 0 Å². The Labute approximate surface area is 96.9 Å². The highest BCUT2D eigenvalue weighted by atomic mass is 35.5. The van der Waals surface area contributed by atoms with E-state index in [1.54, 1.807) is 0 Å². The molecule has 1 aromatic rings. The maximum Gasteiger partial charge on any atom is 0.407 e. The first-order valence-electron chi connectivity index (χ1n) is 4.75. The molecule has 1 aliphatic heterocycles. The molecule has 0 bridgehead atoms. The molecule has 1 atom stereocenters. The van der Waals surface area contributed by atoms with Crippen LogP contribution in [0.3, 0.4) is 0 Å². The highest BCUT2D eigenvalue weighted by Gasteiger charge is 2.19. The van der Waals surface area contributed by atoms with Crippen molar-refractivity contribution in [2.45, 2.75) is 0 Å². The smallest absolute Gasteiger partial charge is 0.407 e. The molecule has 0 aromatic carbocycles. The van der Waals surface area contributed by atoms with Gasteiger partial charge >= 0.3 is 12.1 Å². The van der Waals surface area contributed by atoms with Gasteiger partial charge in [0, 0.05) is 12.5 Å². The van der Waals surface area contributed by atoms with Crippen LogP contribution >= 0.6 is 11.6 Å². The van der Waals surface area contributed by atoms with Gasteiger partial charge in [0.1, 0.15) is 6.61 Å². The maximum absolute atomic E-state index is 10.7. The molecule has 16 heavy (non-hydrogen) atoms. The number of nitrogens with one attached hydrogen (secondary N) is 1. The molecule has 1 aliphatic rings. The number of alkyl carbamates (subject to hydrolysis) is 1. The fraction of sp³-hybridized carbons (Fsp3) is 0.444. The van der Waals surface area contributed by atoms with Crippen LogP contribution in [0.1, 0.15) is 0 Å². The van der Waals surface area contributed by atoms with E-state index in [4.69, 9.17) is 21.1 Å². The Bertz CT molecular complexity index is 361. The highest BCUT2D eigenvalue weighted by Crippen LogP contribution is 2.09. The summed E-state index contributed by atoms with van der Waals surface area (Å²) < 4.78 is 10.1. The Morgan fingerprint density at radius 3 is 2.94 bits per heavy atom. The second-order valence-electron chi connectivity index (χ2n) is 3.34. The molecule has 2 heterocycles. The molecule has 7 heteroatoms. The van der Waals surface area contributed by atoms with Gasteiger partial charge in [0.25, 0.3) is 0 Å². The molecular formula is C9H10ClN3O3. The van der Waals surface area contributed by atoms with Crippen LogP contribution in [0.4, 0.5) is 4.79 Å². The summed E-state index contributed by atoms with van der Waals surface area (Å²) in [5, 5.41) is 3.03. The molecule has 86 valence electrons. The monoisotopic (exact) mass is 243 g/mol. The maximum atomic E-state index is 10.7. The lowest BCUT2D eigenvalue weighted by atomic mass is 10.1. The first kappa shape index (κ1) is 10.9. The van der Waals surface area contributed by atoms with Gasteiger partial charge in [-0.3, -0.25) is 0 Å². The zero-order valence-corrected chi connectivity index (χ0v) is 9.11.